The summed E-state index contributed by atoms with van der Waals surface area (Å²) in [5.74, 6) is -4.95. The van der Waals surface area contributed by atoms with E-state index in [1.807, 2.05) is 0 Å². The number of hydrogen-bond acceptors (Lipinski definition) is 16. The van der Waals surface area contributed by atoms with E-state index < -0.39 is 90.2 Å². The van der Waals surface area contributed by atoms with E-state index in [2.05, 4.69) is 6.92 Å². The van der Waals surface area contributed by atoms with Gasteiger partial charge in [-0.25, -0.2) is 4.79 Å². The number of carbonyl (C=O) groups is 7. The average molecular weight is 763 g/mol. The summed E-state index contributed by atoms with van der Waals surface area (Å²) in [6, 6.07) is 0. The average Bonchev–Trinajstić information content (AvgIpc) is 3.53. The molecule has 16 nitrogen and oxygen atoms in total. The Morgan fingerprint density at radius 1 is 0.741 bits per heavy atom. The third-order valence-electron chi connectivity index (χ3n) is 12.6. The van der Waals surface area contributed by atoms with Gasteiger partial charge in [-0.15, -0.1) is 0 Å². The molecule has 1 spiro atoms. The minimum Gasteiger partial charge on any atom is -0.463 e. The van der Waals surface area contributed by atoms with Crippen molar-refractivity contribution in [1.82, 2.24) is 0 Å². The van der Waals surface area contributed by atoms with Crippen LogP contribution in [-0.4, -0.2) is 104 Å². The molecule has 0 aromatic carbocycles. The molecule has 6 rings (SSSR count). The molecule has 2 bridgehead atoms. The van der Waals surface area contributed by atoms with Crippen molar-refractivity contribution in [3.63, 3.8) is 0 Å². The fourth-order valence-corrected chi connectivity index (χ4v) is 11.0. The van der Waals surface area contributed by atoms with E-state index >= 15 is 0 Å². The molecule has 0 aromatic rings. The van der Waals surface area contributed by atoms with Crippen molar-refractivity contribution < 1.29 is 76.2 Å². The van der Waals surface area contributed by atoms with Crippen LogP contribution in [0.25, 0.3) is 0 Å². The number of carbonyl (C=O) groups excluding carboxylic acids is 7. The second-order valence-corrected chi connectivity index (χ2v) is 15.9. The van der Waals surface area contributed by atoms with Crippen LogP contribution in [0.1, 0.15) is 93.4 Å². The first-order chi connectivity index (χ1) is 25.4. The Labute approximate surface area is 313 Å². The summed E-state index contributed by atoms with van der Waals surface area (Å²) >= 11 is 0. The van der Waals surface area contributed by atoms with Crippen LogP contribution >= 0.6 is 0 Å². The quantitative estimate of drug-likeness (QED) is 0.232. The van der Waals surface area contributed by atoms with Crippen molar-refractivity contribution in [1.29, 1.82) is 0 Å². The summed E-state index contributed by atoms with van der Waals surface area (Å²) in [4.78, 5) is 87.6. The Morgan fingerprint density at radius 2 is 1.37 bits per heavy atom. The molecule has 2 heterocycles. The molecular formula is C38H50O16. The van der Waals surface area contributed by atoms with E-state index in [0.717, 1.165) is 32.8 Å². The highest BCUT2D eigenvalue weighted by Gasteiger charge is 2.75. The molecule has 0 unspecified atom stereocenters. The lowest BCUT2D eigenvalue weighted by Crippen LogP contribution is -2.66. The van der Waals surface area contributed by atoms with Crippen molar-refractivity contribution in [3.05, 3.63) is 11.6 Å². The maximum Gasteiger partial charge on any atom is 0.331 e. The summed E-state index contributed by atoms with van der Waals surface area (Å²) in [5.41, 5.74) is -1.55. The minimum absolute atomic E-state index is 0.0138. The number of fused-ring (bicyclic) bond motifs is 5. The van der Waals surface area contributed by atoms with Gasteiger partial charge in [-0.05, 0) is 73.7 Å². The molecule has 4 aliphatic carbocycles. The smallest absolute Gasteiger partial charge is 0.331 e. The van der Waals surface area contributed by atoms with Crippen LogP contribution in [0.2, 0.25) is 0 Å². The van der Waals surface area contributed by atoms with Gasteiger partial charge in [0.25, 0.3) is 0 Å². The predicted octanol–water partition coefficient (Wildman–Crippen LogP) is 2.80. The van der Waals surface area contributed by atoms with Crippen LogP contribution in [0, 0.1) is 28.6 Å². The summed E-state index contributed by atoms with van der Waals surface area (Å²) in [6.07, 6.45) is -2.48. The lowest BCUT2D eigenvalue weighted by atomic mass is 9.44. The summed E-state index contributed by atoms with van der Waals surface area (Å²) in [7, 11) is 0. The van der Waals surface area contributed by atoms with Gasteiger partial charge >= 0.3 is 41.8 Å². The lowest BCUT2D eigenvalue weighted by molar-refractivity contribution is -0.348. The number of esters is 7. The Hall–Kier alpha value is -4.05. The standard InChI is InChI=1S/C38H50O16/c1-18(39)46-16-28-31(48-20(3)41)32(49-21(4)42)33(50-22(5)43)34(53-28)54-38(17-47-19(2)40)24-8-9-29-36(7)12-11-27-25(14-30(45)52-27)26(36)10-13-37(29,15-24)35(38)51-23(6)44/h14,24,26-29,31-35H,8-13,15-17H2,1-7H3/t24-,26-,27-,28-,29+,31-,32+,33-,34+,35-,36-,37-,38+/m1/s1. The van der Waals surface area contributed by atoms with Gasteiger partial charge in [0.05, 0.1) is 0 Å². The van der Waals surface area contributed by atoms with E-state index in [9.17, 15) is 33.6 Å². The topological polar surface area (TPSA) is 203 Å². The third-order valence-corrected chi connectivity index (χ3v) is 12.6. The molecule has 0 amide bonds. The molecule has 5 fully saturated rings. The first kappa shape index (κ1) is 39.6. The zero-order chi connectivity index (χ0) is 39.3. The Balaban J connectivity index is 1.46. The van der Waals surface area contributed by atoms with E-state index in [1.165, 1.54) is 20.8 Å². The Morgan fingerprint density at radius 3 is 2.00 bits per heavy atom. The van der Waals surface area contributed by atoms with Crippen LogP contribution in [0.3, 0.4) is 0 Å². The number of rotatable bonds is 10. The van der Waals surface area contributed by atoms with Crippen LogP contribution in [-0.2, 0) is 76.2 Å². The van der Waals surface area contributed by atoms with Crippen molar-refractivity contribution in [2.75, 3.05) is 13.2 Å². The predicted molar refractivity (Wildman–Crippen MR) is 179 cm³/mol. The molecule has 16 heteroatoms. The Bertz CT molecular complexity index is 1600. The lowest BCUT2D eigenvalue weighted by Gasteiger charge is -2.61. The van der Waals surface area contributed by atoms with Crippen LogP contribution < -0.4 is 0 Å². The maximum absolute atomic E-state index is 13.2. The van der Waals surface area contributed by atoms with Crippen molar-refractivity contribution in [2.24, 2.45) is 28.6 Å². The van der Waals surface area contributed by atoms with Crippen molar-refractivity contribution in [3.8, 4) is 0 Å². The van der Waals surface area contributed by atoms with Gasteiger partial charge in [-0.1, -0.05) is 6.92 Å². The molecule has 4 saturated carbocycles. The van der Waals surface area contributed by atoms with Crippen molar-refractivity contribution in [2.45, 2.75) is 142 Å². The molecule has 298 valence electrons. The number of hydrogen-bond donors (Lipinski definition) is 0. The van der Waals surface area contributed by atoms with E-state index in [-0.39, 0.29) is 41.8 Å². The van der Waals surface area contributed by atoms with E-state index in [1.54, 1.807) is 6.08 Å². The fraction of sp³-hybridized carbons (Fsp3) is 0.763. The molecule has 1 saturated heterocycles. The van der Waals surface area contributed by atoms with E-state index in [4.69, 9.17) is 42.6 Å². The normalized spacial score (nSPS) is 40.4. The second-order valence-electron chi connectivity index (χ2n) is 15.9. The highest BCUT2D eigenvalue weighted by atomic mass is 16.8. The van der Waals surface area contributed by atoms with Gasteiger partial charge in [-0.3, -0.25) is 28.8 Å². The summed E-state index contributed by atoms with van der Waals surface area (Å²) in [5, 5.41) is 0. The van der Waals surface area contributed by atoms with Gasteiger partial charge in [-0.2, -0.15) is 0 Å². The number of ether oxygens (including phenoxy) is 9. The molecule has 0 radical (unpaired) electrons. The van der Waals surface area contributed by atoms with Gasteiger partial charge in [0.15, 0.2) is 24.6 Å². The van der Waals surface area contributed by atoms with Crippen LogP contribution in [0.15, 0.2) is 11.6 Å². The van der Waals surface area contributed by atoms with Gasteiger partial charge in [0, 0.05) is 53.0 Å². The highest BCUT2D eigenvalue weighted by Crippen LogP contribution is 2.73. The van der Waals surface area contributed by atoms with Crippen molar-refractivity contribution >= 4 is 41.8 Å². The SMILES string of the molecule is CC(=O)OC[C@H]1O[C@@H](O[C@@]2(COC(C)=O)[C@@H]3CC[C@H]4[C@]5(C)CC[C@H]6OC(=O)C=C6[C@H]5CC[C@]4(C3)[C@H]2OC(C)=O)[C@H](OC(C)=O)[C@@H](OC(C)=O)[C@@H]1OC(C)=O. The third kappa shape index (κ3) is 7.11. The molecule has 0 N–H and O–H groups in total. The summed E-state index contributed by atoms with van der Waals surface area (Å²) in [6.45, 7) is 8.47. The minimum atomic E-state index is -1.61. The van der Waals surface area contributed by atoms with Crippen LogP contribution in [0.4, 0.5) is 0 Å². The monoisotopic (exact) mass is 762 g/mol. The van der Waals surface area contributed by atoms with Crippen LogP contribution in [0.5, 0.6) is 0 Å². The fourth-order valence-electron chi connectivity index (χ4n) is 11.0. The van der Waals surface area contributed by atoms with E-state index in [0.29, 0.717) is 38.5 Å². The first-order valence-corrected chi connectivity index (χ1v) is 18.6. The zero-order valence-electron chi connectivity index (χ0n) is 31.7. The molecule has 6 aliphatic rings. The molecular weight excluding hydrogens is 712 g/mol. The van der Waals surface area contributed by atoms with Gasteiger partial charge < -0.3 is 42.6 Å². The summed E-state index contributed by atoms with van der Waals surface area (Å²) < 4.78 is 53.3. The van der Waals surface area contributed by atoms with Gasteiger partial charge in [0.2, 0.25) is 0 Å². The molecule has 2 aliphatic heterocycles. The molecule has 0 aromatic heterocycles. The molecule has 13 atom stereocenters. The second kappa shape index (κ2) is 14.9. The first-order valence-electron chi connectivity index (χ1n) is 18.6. The maximum atomic E-state index is 13.2. The van der Waals surface area contributed by atoms with Gasteiger partial charge in [0.1, 0.15) is 37.1 Å². The zero-order valence-corrected chi connectivity index (χ0v) is 31.7. The highest BCUT2D eigenvalue weighted by molar-refractivity contribution is 5.86. The largest absolute Gasteiger partial charge is 0.463 e. The Kier molecular flexibility index (Phi) is 10.9. The molecule has 54 heavy (non-hydrogen) atoms.